The molecule has 4 heteroatoms. The SMILES string of the molecule is Cc1ccc(C(=O)N2CCC(C#N)CC2)s1. The van der Waals surface area contributed by atoms with Crippen LogP contribution in [0.5, 0.6) is 0 Å². The van der Waals surface area contributed by atoms with Crippen LogP contribution < -0.4 is 0 Å². The average Bonchev–Trinajstić information content (AvgIpc) is 2.75. The highest BCUT2D eigenvalue weighted by Gasteiger charge is 2.23. The van der Waals surface area contributed by atoms with E-state index in [1.54, 1.807) is 0 Å². The summed E-state index contributed by atoms with van der Waals surface area (Å²) in [6, 6.07) is 6.13. The first kappa shape index (κ1) is 11.2. The minimum atomic E-state index is 0.120. The molecule has 3 nitrogen and oxygen atoms in total. The fourth-order valence-electron chi connectivity index (χ4n) is 1.92. The number of likely N-dealkylation sites (tertiary alicyclic amines) is 1. The van der Waals surface area contributed by atoms with Crippen LogP contribution in [-0.2, 0) is 0 Å². The van der Waals surface area contributed by atoms with E-state index < -0.39 is 0 Å². The lowest BCUT2D eigenvalue weighted by Gasteiger charge is -2.28. The van der Waals surface area contributed by atoms with Gasteiger partial charge < -0.3 is 4.90 Å². The second-order valence-corrected chi connectivity index (χ2v) is 5.39. The molecule has 1 saturated heterocycles. The van der Waals surface area contributed by atoms with Gasteiger partial charge in [0.15, 0.2) is 0 Å². The van der Waals surface area contributed by atoms with E-state index in [-0.39, 0.29) is 11.8 Å². The largest absolute Gasteiger partial charge is 0.338 e. The fraction of sp³-hybridized carbons (Fsp3) is 0.500. The summed E-state index contributed by atoms with van der Waals surface area (Å²) in [5, 5.41) is 8.78. The number of amides is 1. The summed E-state index contributed by atoms with van der Waals surface area (Å²) in [5.41, 5.74) is 0. The summed E-state index contributed by atoms with van der Waals surface area (Å²) in [4.78, 5) is 15.9. The van der Waals surface area contributed by atoms with Gasteiger partial charge in [-0.2, -0.15) is 5.26 Å². The van der Waals surface area contributed by atoms with Crippen LogP contribution in [0.4, 0.5) is 0 Å². The summed E-state index contributed by atoms with van der Waals surface area (Å²) in [7, 11) is 0. The Labute approximate surface area is 99.3 Å². The number of nitriles is 1. The molecule has 84 valence electrons. The molecule has 0 unspecified atom stereocenters. The Morgan fingerprint density at radius 3 is 2.69 bits per heavy atom. The number of thiophene rings is 1. The van der Waals surface area contributed by atoms with Crippen LogP contribution in [0, 0.1) is 24.2 Å². The molecule has 0 spiro atoms. The van der Waals surface area contributed by atoms with Gasteiger partial charge in [-0.15, -0.1) is 11.3 Å². The molecule has 16 heavy (non-hydrogen) atoms. The van der Waals surface area contributed by atoms with E-state index >= 15 is 0 Å². The van der Waals surface area contributed by atoms with Crippen molar-refractivity contribution in [3.63, 3.8) is 0 Å². The summed E-state index contributed by atoms with van der Waals surface area (Å²) in [5.74, 6) is 0.253. The topological polar surface area (TPSA) is 44.1 Å². The Bertz CT molecular complexity index is 424. The third-order valence-corrected chi connectivity index (χ3v) is 3.90. The number of carbonyl (C=O) groups excluding carboxylic acids is 1. The minimum absolute atomic E-state index is 0.120. The molecule has 0 radical (unpaired) electrons. The average molecular weight is 234 g/mol. The molecule has 1 amide bonds. The van der Waals surface area contributed by atoms with Crippen LogP contribution in [-0.4, -0.2) is 23.9 Å². The molecule has 2 rings (SSSR count). The van der Waals surface area contributed by atoms with Crippen molar-refractivity contribution in [3.8, 4) is 6.07 Å². The first-order chi connectivity index (χ1) is 7.70. The molecule has 0 aromatic carbocycles. The van der Waals surface area contributed by atoms with Crippen molar-refractivity contribution in [1.29, 1.82) is 5.26 Å². The Hall–Kier alpha value is -1.34. The number of piperidine rings is 1. The highest BCUT2D eigenvalue weighted by atomic mass is 32.1. The molecule has 0 aliphatic carbocycles. The summed E-state index contributed by atoms with van der Waals surface area (Å²) in [6.45, 7) is 3.44. The third kappa shape index (κ3) is 2.25. The fourth-order valence-corrected chi connectivity index (χ4v) is 2.75. The second-order valence-electron chi connectivity index (χ2n) is 4.11. The summed E-state index contributed by atoms with van der Waals surface area (Å²) in [6.07, 6.45) is 1.62. The quantitative estimate of drug-likeness (QED) is 0.749. The van der Waals surface area contributed by atoms with Crippen molar-refractivity contribution in [2.24, 2.45) is 5.92 Å². The zero-order valence-electron chi connectivity index (χ0n) is 9.27. The van der Waals surface area contributed by atoms with Gasteiger partial charge in [0.2, 0.25) is 0 Å². The number of rotatable bonds is 1. The van der Waals surface area contributed by atoms with Gasteiger partial charge in [0.1, 0.15) is 0 Å². The number of hydrogen-bond acceptors (Lipinski definition) is 3. The number of aryl methyl sites for hydroxylation is 1. The summed E-state index contributed by atoms with van der Waals surface area (Å²) >= 11 is 1.54. The summed E-state index contributed by atoms with van der Waals surface area (Å²) < 4.78 is 0. The minimum Gasteiger partial charge on any atom is -0.338 e. The van der Waals surface area contributed by atoms with Crippen LogP contribution in [0.3, 0.4) is 0 Å². The lowest BCUT2D eigenvalue weighted by Crippen LogP contribution is -2.37. The van der Waals surface area contributed by atoms with Gasteiger partial charge in [-0.3, -0.25) is 4.79 Å². The monoisotopic (exact) mass is 234 g/mol. The van der Waals surface area contributed by atoms with Crippen molar-refractivity contribution in [2.45, 2.75) is 19.8 Å². The normalized spacial score (nSPS) is 17.1. The Morgan fingerprint density at radius 2 is 2.19 bits per heavy atom. The molecule has 0 bridgehead atoms. The van der Waals surface area contributed by atoms with E-state index in [2.05, 4.69) is 6.07 Å². The maximum absolute atomic E-state index is 12.1. The Balaban J connectivity index is 2.00. The van der Waals surface area contributed by atoms with Crippen molar-refractivity contribution in [1.82, 2.24) is 4.90 Å². The smallest absolute Gasteiger partial charge is 0.263 e. The van der Waals surface area contributed by atoms with Crippen molar-refractivity contribution < 1.29 is 4.79 Å². The predicted octanol–water partition coefficient (Wildman–Crippen LogP) is 2.43. The predicted molar refractivity (Wildman–Crippen MR) is 63.3 cm³/mol. The molecular weight excluding hydrogens is 220 g/mol. The van der Waals surface area contributed by atoms with Gasteiger partial charge in [-0.05, 0) is 31.9 Å². The molecule has 1 aromatic heterocycles. The maximum Gasteiger partial charge on any atom is 0.263 e. The molecule has 0 saturated carbocycles. The van der Waals surface area contributed by atoms with Crippen LogP contribution >= 0.6 is 11.3 Å². The van der Waals surface area contributed by atoms with Gasteiger partial charge in [0.05, 0.1) is 10.9 Å². The van der Waals surface area contributed by atoms with E-state index in [1.165, 1.54) is 11.3 Å². The lowest BCUT2D eigenvalue weighted by molar-refractivity contribution is 0.0712. The second kappa shape index (κ2) is 4.67. The van der Waals surface area contributed by atoms with Gasteiger partial charge in [-0.1, -0.05) is 0 Å². The standard InChI is InChI=1S/C12H14N2OS/c1-9-2-3-11(16-9)12(15)14-6-4-10(8-13)5-7-14/h2-3,10H,4-7H2,1H3. The van der Waals surface area contributed by atoms with Crippen LogP contribution in [0.25, 0.3) is 0 Å². The van der Waals surface area contributed by atoms with Gasteiger partial charge in [0, 0.05) is 23.9 Å². The highest BCUT2D eigenvalue weighted by Crippen LogP contribution is 2.21. The molecular formula is C12H14N2OS. The van der Waals surface area contributed by atoms with Crippen molar-refractivity contribution >= 4 is 17.2 Å². The zero-order valence-corrected chi connectivity index (χ0v) is 10.1. The molecule has 2 heterocycles. The van der Waals surface area contributed by atoms with E-state index in [9.17, 15) is 4.79 Å². The zero-order chi connectivity index (χ0) is 11.5. The van der Waals surface area contributed by atoms with Gasteiger partial charge in [0.25, 0.3) is 5.91 Å². The number of carbonyl (C=O) groups is 1. The van der Waals surface area contributed by atoms with E-state index in [1.807, 2.05) is 24.0 Å². The molecule has 1 fully saturated rings. The van der Waals surface area contributed by atoms with Crippen molar-refractivity contribution in [3.05, 3.63) is 21.9 Å². The highest BCUT2D eigenvalue weighted by molar-refractivity contribution is 7.13. The van der Waals surface area contributed by atoms with Gasteiger partial charge >= 0.3 is 0 Å². The third-order valence-electron chi connectivity index (χ3n) is 2.92. The molecule has 1 aliphatic rings. The Morgan fingerprint density at radius 1 is 1.50 bits per heavy atom. The molecule has 1 aliphatic heterocycles. The Kier molecular flexibility index (Phi) is 3.25. The van der Waals surface area contributed by atoms with E-state index in [4.69, 9.17) is 5.26 Å². The number of hydrogen-bond donors (Lipinski definition) is 0. The molecule has 1 aromatic rings. The van der Waals surface area contributed by atoms with Crippen LogP contribution in [0.1, 0.15) is 27.4 Å². The van der Waals surface area contributed by atoms with Gasteiger partial charge in [-0.25, -0.2) is 0 Å². The first-order valence-corrected chi connectivity index (χ1v) is 6.27. The van der Waals surface area contributed by atoms with Crippen LogP contribution in [0.2, 0.25) is 0 Å². The van der Waals surface area contributed by atoms with Crippen LogP contribution in [0.15, 0.2) is 12.1 Å². The van der Waals surface area contributed by atoms with E-state index in [0.717, 1.165) is 22.6 Å². The van der Waals surface area contributed by atoms with Crippen molar-refractivity contribution in [2.75, 3.05) is 13.1 Å². The lowest BCUT2D eigenvalue weighted by atomic mass is 9.98. The van der Waals surface area contributed by atoms with E-state index in [0.29, 0.717) is 13.1 Å². The maximum atomic E-state index is 12.1. The molecule has 0 N–H and O–H groups in total. The molecule has 0 atom stereocenters. The first-order valence-electron chi connectivity index (χ1n) is 5.46. The number of nitrogens with zero attached hydrogens (tertiary/aromatic N) is 2.